The van der Waals surface area contributed by atoms with Crippen LogP contribution in [0.1, 0.15) is 23.6 Å². The highest BCUT2D eigenvalue weighted by molar-refractivity contribution is 5.41. The van der Waals surface area contributed by atoms with E-state index < -0.39 is 5.54 Å². The van der Waals surface area contributed by atoms with E-state index in [9.17, 15) is 0 Å². The first-order valence-corrected chi connectivity index (χ1v) is 4.42. The van der Waals surface area contributed by atoms with Crippen LogP contribution in [0.15, 0.2) is 18.2 Å². The third-order valence-corrected chi connectivity index (χ3v) is 2.33. The lowest BCUT2D eigenvalue weighted by Crippen LogP contribution is -2.36. The molecule has 0 aliphatic carbocycles. The Morgan fingerprint density at radius 2 is 2.21 bits per heavy atom. The van der Waals surface area contributed by atoms with Crippen molar-refractivity contribution in [3.8, 4) is 6.07 Å². The summed E-state index contributed by atoms with van der Waals surface area (Å²) in [7, 11) is 0. The monoisotopic (exact) mass is 190 g/mol. The summed E-state index contributed by atoms with van der Waals surface area (Å²) in [5, 5.41) is 17.8. The molecule has 0 bridgehead atoms. The topological polar surface area (TPSA) is 70.0 Å². The zero-order valence-corrected chi connectivity index (χ0v) is 8.41. The first-order valence-electron chi connectivity index (χ1n) is 4.42. The minimum absolute atomic E-state index is 0.113. The van der Waals surface area contributed by atoms with Crippen LogP contribution in [-0.2, 0) is 5.54 Å². The number of hydrogen-bond donors (Lipinski definition) is 2. The Kier molecular flexibility index (Phi) is 2.90. The molecule has 14 heavy (non-hydrogen) atoms. The number of benzene rings is 1. The van der Waals surface area contributed by atoms with E-state index in [1.807, 2.05) is 13.0 Å². The average Bonchev–Trinajstić information content (AvgIpc) is 2.17. The van der Waals surface area contributed by atoms with Crippen LogP contribution in [0.2, 0.25) is 0 Å². The van der Waals surface area contributed by atoms with Gasteiger partial charge in [0, 0.05) is 0 Å². The molecule has 1 rings (SSSR count). The van der Waals surface area contributed by atoms with Gasteiger partial charge in [0.2, 0.25) is 0 Å². The lowest BCUT2D eigenvalue weighted by molar-refractivity contribution is 0.210. The summed E-state index contributed by atoms with van der Waals surface area (Å²) < 4.78 is 0. The molecule has 1 aromatic rings. The Bertz CT molecular complexity index is 377. The Hall–Kier alpha value is -1.37. The zero-order chi connectivity index (χ0) is 10.8. The van der Waals surface area contributed by atoms with E-state index in [2.05, 4.69) is 6.07 Å². The zero-order valence-electron chi connectivity index (χ0n) is 8.41. The molecule has 1 aromatic carbocycles. The second-order valence-corrected chi connectivity index (χ2v) is 3.72. The van der Waals surface area contributed by atoms with Crippen LogP contribution in [0.25, 0.3) is 0 Å². The smallest absolute Gasteiger partial charge is 0.0994 e. The fourth-order valence-corrected chi connectivity index (χ4v) is 1.24. The molecule has 0 saturated heterocycles. The Morgan fingerprint density at radius 1 is 1.57 bits per heavy atom. The molecule has 0 amide bonds. The number of nitrogens with two attached hydrogens (primary N) is 1. The molecule has 3 heteroatoms. The second-order valence-electron chi connectivity index (χ2n) is 3.72. The summed E-state index contributed by atoms with van der Waals surface area (Å²) in [5.41, 5.74) is 7.50. The van der Waals surface area contributed by atoms with Gasteiger partial charge in [-0.2, -0.15) is 5.26 Å². The molecule has 0 saturated carbocycles. The van der Waals surface area contributed by atoms with E-state index in [0.29, 0.717) is 5.56 Å². The third-order valence-electron chi connectivity index (χ3n) is 2.33. The van der Waals surface area contributed by atoms with Gasteiger partial charge in [-0.1, -0.05) is 12.1 Å². The number of aryl methyl sites for hydroxylation is 1. The number of hydrogen-bond acceptors (Lipinski definition) is 3. The van der Waals surface area contributed by atoms with Crippen LogP contribution >= 0.6 is 0 Å². The molecule has 0 aromatic heterocycles. The van der Waals surface area contributed by atoms with Crippen molar-refractivity contribution in [1.82, 2.24) is 0 Å². The highest BCUT2D eigenvalue weighted by Gasteiger charge is 2.20. The molecule has 0 heterocycles. The number of nitrogens with zero attached hydrogens (tertiary/aromatic N) is 1. The van der Waals surface area contributed by atoms with E-state index in [0.717, 1.165) is 11.1 Å². The van der Waals surface area contributed by atoms with E-state index in [4.69, 9.17) is 16.1 Å². The number of rotatable bonds is 2. The first kappa shape index (κ1) is 10.7. The lowest BCUT2D eigenvalue weighted by atomic mass is 9.91. The van der Waals surface area contributed by atoms with Crippen molar-refractivity contribution in [2.75, 3.05) is 6.61 Å². The van der Waals surface area contributed by atoms with Crippen LogP contribution in [-0.4, -0.2) is 11.7 Å². The van der Waals surface area contributed by atoms with Gasteiger partial charge in [-0.15, -0.1) is 0 Å². The summed E-state index contributed by atoms with van der Waals surface area (Å²) in [5.74, 6) is 0. The van der Waals surface area contributed by atoms with Crippen LogP contribution in [0.3, 0.4) is 0 Å². The fourth-order valence-electron chi connectivity index (χ4n) is 1.24. The minimum Gasteiger partial charge on any atom is -0.394 e. The van der Waals surface area contributed by atoms with Gasteiger partial charge in [0.1, 0.15) is 0 Å². The van der Waals surface area contributed by atoms with Gasteiger partial charge >= 0.3 is 0 Å². The van der Waals surface area contributed by atoms with E-state index >= 15 is 0 Å². The largest absolute Gasteiger partial charge is 0.394 e. The van der Waals surface area contributed by atoms with E-state index in [1.165, 1.54) is 0 Å². The van der Waals surface area contributed by atoms with Gasteiger partial charge in [0.25, 0.3) is 0 Å². The maximum absolute atomic E-state index is 9.07. The van der Waals surface area contributed by atoms with Crippen molar-refractivity contribution < 1.29 is 5.11 Å². The quantitative estimate of drug-likeness (QED) is 0.731. The molecular weight excluding hydrogens is 176 g/mol. The summed E-state index contributed by atoms with van der Waals surface area (Å²) in [6.45, 7) is 3.50. The van der Waals surface area contributed by atoms with Gasteiger partial charge in [0.05, 0.1) is 23.8 Å². The van der Waals surface area contributed by atoms with Gasteiger partial charge in [-0.05, 0) is 31.0 Å². The van der Waals surface area contributed by atoms with Crippen LogP contribution in [0.4, 0.5) is 0 Å². The van der Waals surface area contributed by atoms with Crippen LogP contribution in [0, 0.1) is 18.3 Å². The Morgan fingerprint density at radius 3 is 2.64 bits per heavy atom. The van der Waals surface area contributed by atoms with E-state index in [-0.39, 0.29) is 6.61 Å². The summed E-state index contributed by atoms with van der Waals surface area (Å²) in [6, 6.07) is 7.44. The van der Waals surface area contributed by atoms with E-state index in [1.54, 1.807) is 19.1 Å². The van der Waals surface area contributed by atoms with Crippen molar-refractivity contribution in [2.45, 2.75) is 19.4 Å². The molecule has 1 atom stereocenters. The normalized spacial score (nSPS) is 14.5. The molecule has 0 radical (unpaired) electrons. The molecule has 0 aliphatic rings. The van der Waals surface area contributed by atoms with Gasteiger partial charge < -0.3 is 10.8 Å². The Labute approximate surface area is 83.8 Å². The van der Waals surface area contributed by atoms with Crippen molar-refractivity contribution >= 4 is 0 Å². The standard InChI is InChI=1S/C11H14N2O/c1-8-5-10(11(2,13)7-14)4-3-9(8)6-12/h3-5,14H,7,13H2,1-2H3. The highest BCUT2D eigenvalue weighted by Crippen LogP contribution is 2.19. The molecule has 0 fully saturated rings. The first-order chi connectivity index (χ1) is 6.51. The van der Waals surface area contributed by atoms with Crippen molar-refractivity contribution in [3.63, 3.8) is 0 Å². The predicted molar refractivity (Wildman–Crippen MR) is 54.5 cm³/mol. The van der Waals surface area contributed by atoms with Gasteiger partial charge in [-0.3, -0.25) is 0 Å². The summed E-state index contributed by atoms with van der Waals surface area (Å²) in [6.07, 6.45) is 0. The molecule has 74 valence electrons. The number of nitriles is 1. The predicted octanol–water partition coefficient (Wildman–Crippen LogP) is 1.03. The Balaban J connectivity index is 3.17. The maximum Gasteiger partial charge on any atom is 0.0994 e. The van der Waals surface area contributed by atoms with Crippen molar-refractivity contribution in [1.29, 1.82) is 5.26 Å². The van der Waals surface area contributed by atoms with Crippen molar-refractivity contribution in [2.24, 2.45) is 5.73 Å². The molecule has 3 nitrogen and oxygen atoms in total. The van der Waals surface area contributed by atoms with Crippen LogP contribution in [0.5, 0.6) is 0 Å². The SMILES string of the molecule is Cc1cc(C(C)(N)CO)ccc1C#N. The average molecular weight is 190 g/mol. The van der Waals surface area contributed by atoms with Crippen LogP contribution < -0.4 is 5.73 Å². The van der Waals surface area contributed by atoms with Gasteiger partial charge in [-0.25, -0.2) is 0 Å². The fraction of sp³-hybridized carbons (Fsp3) is 0.364. The molecule has 3 N–H and O–H groups in total. The number of aliphatic hydroxyl groups is 1. The molecular formula is C11H14N2O. The maximum atomic E-state index is 9.07. The van der Waals surface area contributed by atoms with Crippen molar-refractivity contribution in [3.05, 3.63) is 34.9 Å². The summed E-state index contributed by atoms with van der Waals surface area (Å²) in [4.78, 5) is 0. The lowest BCUT2D eigenvalue weighted by Gasteiger charge is -2.22. The minimum atomic E-state index is -0.737. The third kappa shape index (κ3) is 1.92. The molecule has 0 aliphatic heterocycles. The second kappa shape index (κ2) is 3.79. The molecule has 0 spiro atoms. The highest BCUT2D eigenvalue weighted by atomic mass is 16.3. The summed E-state index contributed by atoms with van der Waals surface area (Å²) >= 11 is 0. The van der Waals surface area contributed by atoms with Gasteiger partial charge in [0.15, 0.2) is 0 Å². The number of aliphatic hydroxyl groups excluding tert-OH is 1. The molecule has 1 unspecified atom stereocenters.